The van der Waals surface area contributed by atoms with E-state index in [9.17, 15) is 27.9 Å². The lowest BCUT2D eigenvalue weighted by molar-refractivity contribution is -0.137. The second kappa shape index (κ2) is 7.32. The molecule has 1 heterocycles. The summed E-state index contributed by atoms with van der Waals surface area (Å²) in [6.45, 7) is 1.18. The van der Waals surface area contributed by atoms with Crippen LogP contribution in [0.1, 0.15) is 51.2 Å². The van der Waals surface area contributed by atoms with Gasteiger partial charge in [-0.25, -0.2) is 0 Å². The van der Waals surface area contributed by atoms with Gasteiger partial charge >= 0.3 is 11.0 Å². The maximum absolute atomic E-state index is 13.0. The number of ketones is 1. The molecule has 0 bridgehead atoms. The molecular formula is C21H16F3NO4S. The van der Waals surface area contributed by atoms with Gasteiger partial charge in [0.25, 0.3) is 0 Å². The van der Waals surface area contributed by atoms with E-state index < -0.39 is 17.5 Å². The molecule has 2 aromatic carbocycles. The monoisotopic (exact) mass is 435 g/mol. The van der Waals surface area contributed by atoms with Crippen molar-refractivity contribution in [2.75, 3.05) is 0 Å². The molecule has 30 heavy (non-hydrogen) atoms. The highest BCUT2D eigenvalue weighted by molar-refractivity contribution is 7.09. The molecule has 2 N–H and O–H groups in total. The molecule has 1 aliphatic carbocycles. The van der Waals surface area contributed by atoms with Crippen LogP contribution in [0.4, 0.5) is 13.2 Å². The number of hydrogen-bond acceptors (Lipinski definition) is 5. The molecule has 0 amide bonds. The normalized spacial score (nSPS) is 15.8. The number of alkyl halides is 3. The Hall–Kier alpha value is -3.07. The van der Waals surface area contributed by atoms with Crippen LogP contribution in [0.3, 0.4) is 0 Å². The van der Waals surface area contributed by atoms with Gasteiger partial charge in [0.05, 0.1) is 16.0 Å². The van der Waals surface area contributed by atoms with Crippen LogP contribution < -0.4 is 9.61 Å². The Labute approximate surface area is 172 Å². The molecule has 1 atom stereocenters. The van der Waals surface area contributed by atoms with E-state index in [4.69, 9.17) is 4.74 Å². The number of thiazole rings is 1. The fourth-order valence-electron chi connectivity index (χ4n) is 3.70. The molecular weight excluding hydrogens is 419 g/mol. The number of hydrogen-bond donors (Lipinski definition) is 2. The van der Waals surface area contributed by atoms with Crippen molar-refractivity contribution in [2.24, 2.45) is 0 Å². The molecule has 0 spiro atoms. The van der Waals surface area contributed by atoms with Gasteiger partial charge in [-0.15, -0.1) is 0 Å². The zero-order chi connectivity index (χ0) is 21.6. The number of benzene rings is 2. The molecule has 0 fully saturated rings. The first-order valence-electron chi connectivity index (χ1n) is 9.08. The summed E-state index contributed by atoms with van der Waals surface area (Å²) < 4.78 is 44.6. The van der Waals surface area contributed by atoms with Crippen LogP contribution in [0.5, 0.6) is 17.4 Å². The van der Waals surface area contributed by atoms with Crippen molar-refractivity contribution in [1.29, 1.82) is 0 Å². The Morgan fingerprint density at radius 3 is 2.63 bits per heavy atom. The molecule has 0 saturated carbocycles. The highest BCUT2D eigenvalue weighted by Crippen LogP contribution is 2.43. The van der Waals surface area contributed by atoms with Crippen molar-refractivity contribution in [3.05, 3.63) is 73.2 Å². The summed E-state index contributed by atoms with van der Waals surface area (Å²) in [7, 11) is 0. The predicted octanol–water partition coefficient (Wildman–Crippen LogP) is 5.23. The Balaban J connectivity index is 1.64. The van der Waals surface area contributed by atoms with E-state index in [1.165, 1.54) is 6.92 Å². The third-order valence-electron chi connectivity index (χ3n) is 5.08. The van der Waals surface area contributed by atoms with E-state index in [1.54, 1.807) is 12.1 Å². The second-order valence-electron chi connectivity index (χ2n) is 7.05. The number of carbonyl (C=O) groups excluding carboxylic acids is 1. The number of rotatable bonds is 4. The van der Waals surface area contributed by atoms with E-state index >= 15 is 0 Å². The Kier molecular flexibility index (Phi) is 4.93. The van der Waals surface area contributed by atoms with Crippen LogP contribution in [0.25, 0.3) is 0 Å². The number of aromatic hydroxyl groups is 1. The van der Waals surface area contributed by atoms with Crippen LogP contribution >= 0.6 is 11.3 Å². The summed E-state index contributed by atoms with van der Waals surface area (Å²) in [6.07, 6.45) is -3.16. The van der Waals surface area contributed by atoms with Crippen LogP contribution in [0, 0.1) is 0 Å². The number of aryl methyl sites for hydroxylation is 1. The Morgan fingerprint density at radius 1 is 1.23 bits per heavy atom. The number of ether oxygens (including phenoxy) is 1. The number of nitrogens with one attached hydrogen (secondary N) is 1. The molecule has 9 heteroatoms. The first-order chi connectivity index (χ1) is 14.1. The average molecular weight is 435 g/mol. The molecule has 4 rings (SSSR count). The molecule has 0 aliphatic heterocycles. The van der Waals surface area contributed by atoms with Gasteiger partial charge in [-0.3, -0.25) is 14.6 Å². The molecule has 1 aliphatic rings. The van der Waals surface area contributed by atoms with Gasteiger partial charge in [-0.2, -0.15) is 13.2 Å². The number of aromatic nitrogens is 1. The number of aromatic amines is 1. The summed E-state index contributed by atoms with van der Waals surface area (Å²) in [4.78, 5) is 26.0. The molecule has 0 radical (unpaired) electrons. The zero-order valence-electron chi connectivity index (χ0n) is 15.7. The summed E-state index contributed by atoms with van der Waals surface area (Å²) >= 11 is 0.969. The van der Waals surface area contributed by atoms with Crippen molar-refractivity contribution in [2.45, 2.75) is 31.9 Å². The first-order valence-corrected chi connectivity index (χ1v) is 9.90. The van der Waals surface area contributed by atoms with Gasteiger partial charge in [0.1, 0.15) is 11.5 Å². The van der Waals surface area contributed by atoms with E-state index in [2.05, 4.69) is 4.98 Å². The maximum Gasteiger partial charge on any atom is 0.416 e. The molecule has 5 nitrogen and oxygen atoms in total. The third kappa shape index (κ3) is 3.72. The Morgan fingerprint density at radius 2 is 2.00 bits per heavy atom. The smallest absolute Gasteiger partial charge is 0.416 e. The fourth-order valence-corrected chi connectivity index (χ4v) is 4.58. The molecule has 0 saturated heterocycles. The van der Waals surface area contributed by atoms with E-state index in [-0.39, 0.29) is 28.0 Å². The molecule has 1 aromatic heterocycles. The zero-order valence-corrected chi connectivity index (χ0v) is 16.5. The van der Waals surface area contributed by atoms with E-state index in [0.29, 0.717) is 23.5 Å². The minimum Gasteiger partial charge on any atom is -0.494 e. The van der Waals surface area contributed by atoms with Crippen molar-refractivity contribution in [1.82, 2.24) is 4.98 Å². The van der Waals surface area contributed by atoms with Gasteiger partial charge in [-0.1, -0.05) is 17.4 Å². The average Bonchev–Trinajstić information content (AvgIpc) is 3.22. The second-order valence-corrected chi connectivity index (χ2v) is 8.06. The van der Waals surface area contributed by atoms with Crippen LogP contribution in [-0.2, 0) is 12.6 Å². The largest absolute Gasteiger partial charge is 0.494 e. The SMILES string of the molecule is CC(=O)c1cc(C(F)(F)F)ccc1Oc1ccc2c(c1)CC[C@H]2c1sc(=O)[nH]c1O. The quantitative estimate of drug-likeness (QED) is 0.550. The van der Waals surface area contributed by atoms with Gasteiger partial charge in [0.2, 0.25) is 5.88 Å². The summed E-state index contributed by atoms with van der Waals surface area (Å²) in [5, 5.41) is 9.95. The lowest BCUT2D eigenvalue weighted by atomic mass is 10.00. The first kappa shape index (κ1) is 20.2. The Bertz CT molecular complexity index is 1200. The van der Waals surface area contributed by atoms with Crippen molar-refractivity contribution in [3.8, 4) is 17.4 Å². The van der Waals surface area contributed by atoms with Gasteiger partial charge < -0.3 is 9.84 Å². The number of fused-ring (bicyclic) bond motifs is 1. The van der Waals surface area contributed by atoms with E-state index in [1.807, 2.05) is 6.07 Å². The van der Waals surface area contributed by atoms with Crippen molar-refractivity contribution in [3.63, 3.8) is 0 Å². The fraction of sp³-hybridized carbons (Fsp3) is 0.238. The van der Waals surface area contributed by atoms with Gasteiger partial charge in [0.15, 0.2) is 5.78 Å². The minimum atomic E-state index is -4.56. The predicted molar refractivity (Wildman–Crippen MR) is 105 cm³/mol. The summed E-state index contributed by atoms with van der Waals surface area (Å²) in [5.41, 5.74) is 0.841. The van der Waals surface area contributed by atoms with Crippen LogP contribution in [-0.4, -0.2) is 15.9 Å². The summed E-state index contributed by atoms with van der Waals surface area (Å²) in [6, 6.07) is 8.04. The standard InChI is InChI=1S/C21H16F3NO4S/c1-10(26)16-9-12(21(22,23)24)3-7-17(16)29-13-4-6-14-11(8-13)2-5-15(14)18-19(27)25-20(28)30-18/h3-4,6-9,15,27H,2,5H2,1H3,(H,25,28)/t15-/m1/s1. The maximum atomic E-state index is 13.0. The lowest BCUT2D eigenvalue weighted by Gasteiger charge is -2.14. The summed E-state index contributed by atoms with van der Waals surface area (Å²) in [5.74, 6) is -0.333. The molecule has 156 valence electrons. The molecule has 0 unspecified atom stereocenters. The molecule has 3 aromatic rings. The van der Waals surface area contributed by atoms with Crippen LogP contribution in [0.15, 0.2) is 41.2 Å². The number of H-pyrrole nitrogens is 1. The number of halogens is 3. The van der Waals surface area contributed by atoms with Gasteiger partial charge in [-0.05, 0) is 61.2 Å². The highest BCUT2D eigenvalue weighted by atomic mass is 32.1. The van der Waals surface area contributed by atoms with Crippen molar-refractivity contribution >= 4 is 17.1 Å². The van der Waals surface area contributed by atoms with E-state index in [0.717, 1.165) is 40.7 Å². The highest BCUT2D eigenvalue weighted by Gasteiger charge is 2.32. The number of carbonyl (C=O) groups is 1. The lowest BCUT2D eigenvalue weighted by Crippen LogP contribution is -2.07. The third-order valence-corrected chi connectivity index (χ3v) is 6.06. The van der Waals surface area contributed by atoms with Crippen molar-refractivity contribution < 1.29 is 27.8 Å². The topological polar surface area (TPSA) is 79.4 Å². The van der Waals surface area contributed by atoms with Gasteiger partial charge in [0, 0.05) is 5.92 Å². The number of Topliss-reactive ketones (excluding diaryl/α,β-unsaturated/α-hetero) is 1. The van der Waals surface area contributed by atoms with Crippen LogP contribution in [0.2, 0.25) is 0 Å². The minimum absolute atomic E-state index is 0.0477.